The van der Waals surface area contributed by atoms with E-state index in [0.29, 0.717) is 17.4 Å². The van der Waals surface area contributed by atoms with E-state index in [0.717, 1.165) is 5.56 Å². The van der Waals surface area contributed by atoms with Crippen LogP contribution in [0.1, 0.15) is 29.8 Å². The van der Waals surface area contributed by atoms with Crippen molar-refractivity contribution < 1.29 is 17.9 Å². The normalized spacial score (nSPS) is 19.4. The lowest BCUT2D eigenvalue weighted by Crippen LogP contribution is -2.48. The van der Waals surface area contributed by atoms with Crippen molar-refractivity contribution in [1.29, 1.82) is 0 Å². The summed E-state index contributed by atoms with van der Waals surface area (Å²) in [5.41, 5.74) is 1.09. The minimum absolute atomic E-state index is 0.0704. The fourth-order valence-electron chi connectivity index (χ4n) is 3.82. The molecule has 174 valence electrons. The van der Waals surface area contributed by atoms with Crippen LogP contribution in [0.5, 0.6) is 0 Å². The summed E-state index contributed by atoms with van der Waals surface area (Å²) in [6.07, 6.45) is 1.18. The lowest BCUT2D eigenvalue weighted by molar-refractivity contribution is -0.0440. The third kappa shape index (κ3) is 5.27. The highest BCUT2D eigenvalue weighted by Gasteiger charge is 2.32. The Kier molecular flexibility index (Phi) is 6.85. The fraction of sp³-hybridized carbons (Fsp3) is 0.304. The van der Waals surface area contributed by atoms with Gasteiger partial charge in [0.25, 0.3) is 5.91 Å². The molecule has 0 spiro atoms. The first-order valence-corrected chi connectivity index (χ1v) is 12.4. The Morgan fingerprint density at radius 2 is 1.85 bits per heavy atom. The summed E-state index contributed by atoms with van der Waals surface area (Å²) < 4.78 is 35.0. The molecule has 2 aromatic carbocycles. The van der Waals surface area contributed by atoms with Gasteiger partial charge < -0.3 is 10.1 Å². The maximum absolute atomic E-state index is 13.2. The molecule has 0 radical (unpaired) electrons. The van der Waals surface area contributed by atoms with Gasteiger partial charge in [-0.3, -0.25) is 4.79 Å². The molecule has 1 fully saturated rings. The van der Waals surface area contributed by atoms with Crippen molar-refractivity contribution in [3.8, 4) is 0 Å². The number of halogens is 1. The highest BCUT2D eigenvalue weighted by molar-refractivity contribution is 7.89. The van der Waals surface area contributed by atoms with Crippen LogP contribution >= 0.6 is 11.6 Å². The second kappa shape index (κ2) is 9.64. The number of anilines is 1. The number of sulfonamides is 1. The number of ether oxygens (including phenoxy) is 1. The lowest BCUT2D eigenvalue weighted by Gasteiger charge is -2.34. The Morgan fingerprint density at radius 1 is 1.12 bits per heavy atom. The van der Waals surface area contributed by atoms with Crippen molar-refractivity contribution in [2.75, 3.05) is 18.4 Å². The molecule has 1 amide bonds. The van der Waals surface area contributed by atoms with Crippen molar-refractivity contribution in [2.45, 2.75) is 37.5 Å². The van der Waals surface area contributed by atoms with E-state index in [1.54, 1.807) is 35.1 Å². The monoisotopic (exact) mass is 488 g/mol. The van der Waals surface area contributed by atoms with Crippen LogP contribution in [0, 0.1) is 0 Å². The first kappa shape index (κ1) is 23.4. The van der Waals surface area contributed by atoms with Gasteiger partial charge >= 0.3 is 0 Å². The summed E-state index contributed by atoms with van der Waals surface area (Å²) in [4.78, 5) is 13.0. The molecule has 1 aromatic heterocycles. The van der Waals surface area contributed by atoms with E-state index in [1.807, 2.05) is 32.0 Å². The zero-order valence-corrected chi connectivity index (χ0v) is 19.9. The Morgan fingerprint density at radius 3 is 2.58 bits per heavy atom. The molecule has 10 heteroatoms. The molecule has 2 unspecified atom stereocenters. The predicted octanol–water partition coefficient (Wildman–Crippen LogP) is 3.64. The van der Waals surface area contributed by atoms with Crippen molar-refractivity contribution in [3.05, 3.63) is 76.9 Å². The molecule has 8 nitrogen and oxygen atoms in total. The molecule has 1 aliphatic heterocycles. The quantitative estimate of drug-likeness (QED) is 0.571. The number of amides is 1. The molecular weight excluding hydrogens is 464 g/mol. The highest BCUT2D eigenvalue weighted by Crippen LogP contribution is 2.23. The van der Waals surface area contributed by atoms with Crippen LogP contribution in [0.15, 0.2) is 65.7 Å². The highest BCUT2D eigenvalue weighted by atomic mass is 35.5. The summed E-state index contributed by atoms with van der Waals surface area (Å²) in [6.45, 7) is 4.60. The molecule has 3 aromatic rings. The first-order valence-electron chi connectivity index (χ1n) is 10.6. The summed E-state index contributed by atoms with van der Waals surface area (Å²) >= 11 is 6.24. The molecule has 33 heavy (non-hydrogen) atoms. The van der Waals surface area contributed by atoms with E-state index >= 15 is 0 Å². The number of carbonyl (C=O) groups is 1. The number of rotatable bonds is 6. The minimum atomic E-state index is -3.76. The average Bonchev–Trinajstić information content (AvgIpc) is 3.21. The van der Waals surface area contributed by atoms with Gasteiger partial charge in [-0.05, 0) is 43.7 Å². The smallest absolute Gasteiger partial charge is 0.256 e. The van der Waals surface area contributed by atoms with E-state index in [1.165, 1.54) is 16.4 Å². The zero-order chi connectivity index (χ0) is 23.6. The number of nitrogens with one attached hydrogen (secondary N) is 1. The van der Waals surface area contributed by atoms with Crippen LogP contribution in [-0.4, -0.2) is 53.7 Å². The van der Waals surface area contributed by atoms with Crippen molar-refractivity contribution in [3.63, 3.8) is 0 Å². The molecule has 2 atom stereocenters. The van der Waals surface area contributed by atoms with Crippen LogP contribution in [0.2, 0.25) is 5.02 Å². The Balaban J connectivity index is 1.52. The number of aromatic nitrogens is 2. The maximum atomic E-state index is 13.2. The van der Waals surface area contributed by atoms with E-state index < -0.39 is 15.9 Å². The number of nitrogens with zero attached hydrogens (tertiary/aromatic N) is 3. The van der Waals surface area contributed by atoms with E-state index in [4.69, 9.17) is 16.3 Å². The van der Waals surface area contributed by atoms with Crippen molar-refractivity contribution >= 4 is 33.3 Å². The van der Waals surface area contributed by atoms with Gasteiger partial charge in [0.2, 0.25) is 10.0 Å². The van der Waals surface area contributed by atoms with Crippen molar-refractivity contribution in [1.82, 2.24) is 14.1 Å². The second-order valence-corrected chi connectivity index (χ2v) is 10.4. The summed E-state index contributed by atoms with van der Waals surface area (Å²) in [6, 6.07) is 15.1. The molecule has 0 bridgehead atoms. The van der Waals surface area contributed by atoms with Crippen LogP contribution in [0.3, 0.4) is 0 Å². The number of carbonyl (C=O) groups excluding carboxylic acids is 1. The van der Waals surface area contributed by atoms with Gasteiger partial charge in [0.1, 0.15) is 5.82 Å². The standard InChI is InChI=1S/C23H25ClN4O4S/c1-16-13-27(14-17(2)32-16)33(30,31)20-8-5-7-18(12-20)23(29)26-22-10-11-25-28(22)15-19-6-3-4-9-21(19)24/h3-12,16-17H,13-15H2,1-2H3,(H,26,29). The third-order valence-corrected chi connectivity index (χ3v) is 7.55. The largest absolute Gasteiger partial charge is 0.373 e. The lowest BCUT2D eigenvalue weighted by atomic mass is 10.2. The van der Waals surface area contributed by atoms with Crippen LogP contribution in [0.25, 0.3) is 0 Å². The molecule has 4 rings (SSSR count). The number of hydrogen-bond donors (Lipinski definition) is 1. The number of morpholine rings is 1. The maximum Gasteiger partial charge on any atom is 0.256 e. The predicted molar refractivity (Wildman–Crippen MR) is 126 cm³/mol. The molecule has 2 heterocycles. The van der Waals surface area contributed by atoms with Gasteiger partial charge in [-0.25, -0.2) is 13.1 Å². The Bertz CT molecular complexity index is 1250. The first-order chi connectivity index (χ1) is 15.7. The van der Waals surface area contributed by atoms with Crippen LogP contribution in [0.4, 0.5) is 5.82 Å². The van der Waals surface area contributed by atoms with E-state index in [9.17, 15) is 13.2 Å². The van der Waals surface area contributed by atoms with Crippen LogP contribution < -0.4 is 5.32 Å². The van der Waals surface area contributed by atoms with Gasteiger partial charge in [-0.2, -0.15) is 9.40 Å². The summed E-state index contributed by atoms with van der Waals surface area (Å²) in [5.74, 6) is 0.0423. The number of hydrogen-bond acceptors (Lipinski definition) is 5. The Hall–Kier alpha value is -2.72. The van der Waals surface area contributed by atoms with Crippen molar-refractivity contribution in [2.24, 2.45) is 0 Å². The van der Waals surface area contributed by atoms with Gasteiger partial charge in [0.15, 0.2) is 0 Å². The number of benzene rings is 2. The topological polar surface area (TPSA) is 93.5 Å². The zero-order valence-electron chi connectivity index (χ0n) is 18.3. The molecule has 1 aliphatic rings. The average molecular weight is 489 g/mol. The van der Waals surface area contributed by atoms with Gasteiger partial charge in [-0.1, -0.05) is 35.9 Å². The SMILES string of the molecule is CC1CN(S(=O)(=O)c2cccc(C(=O)Nc3ccnn3Cc3ccccc3Cl)c2)CC(C)O1. The Labute approximate surface area is 198 Å². The van der Waals surface area contributed by atoms with Gasteiger partial charge in [-0.15, -0.1) is 0 Å². The summed E-state index contributed by atoms with van der Waals surface area (Å²) in [5, 5.41) is 7.68. The van der Waals surface area contributed by atoms with Gasteiger partial charge in [0.05, 0.1) is 29.8 Å². The molecule has 1 N–H and O–H groups in total. The van der Waals surface area contributed by atoms with E-state index in [-0.39, 0.29) is 35.8 Å². The van der Waals surface area contributed by atoms with E-state index in [2.05, 4.69) is 10.4 Å². The molecular formula is C23H25ClN4O4S. The third-order valence-electron chi connectivity index (χ3n) is 5.36. The minimum Gasteiger partial charge on any atom is -0.373 e. The molecule has 0 aliphatic carbocycles. The summed E-state index contributed by atoms with van der Waals surface area (Å²) in [7, 11) is -3.76. The van der Waals surface area contributed by atoms with Gasteiger partial charge in [0, 0.05) is 29.7 Å². The fourth-order valence-corrected chi connectivity index (χ4v) is 5.65. The van der Waals surface area contributed by atoms with Crippen LogP contribution in [-0.2, 0) is 21.3 Å². The molecule has 0 saturated carbocycles. The molecule has 1 saturated heterocycles. The second-order valence-electron chi connectivity index (χ2n) is 8.03.